The van der Waals surface area contributed by atoms with Gasteiger partial charge in [0.25, 0.3) is 11.1 Å². The molecule has 2 heterocycles. The SMILES string of the molecule is CCOc1ccccc1-c1nnc(SCc2cc3c(cc2Br)OCCO3)o1. The summed E-state index contributed by atoms with van der Waals surface area (Å²) in [6, 6.07) is 11.5. The van der Waals surface area contributed by atoms with E-state index in [-0.39, 0.29) is 0 Å². The van der Waals surface area contributed by atoms with Gasteiger partial charge in [-0.3, -0.25) is 0 Å². The highest BCUT2D eigenvalue weighted by atomic mass is 79.9. The van der Waals surface area contributed by atoms with Gasteiger partial charge >= 0.3 is 0 Å². The molecule has 0 bridgehead atoms. The highest BCUT2D eigenvalue weighted by Crippen LogP contribution is 2.38. The second kappa shape index (κ2) is 8.22. The second-order valence-corrected chi connectivity index (χ2v) is 7.46. The maximum Gasteiger partial charge on any atom is 0.277 e. The lowest BCUT2D eigenvalue weighted by Crippen LogP contribution is -2.15. The van der Waals surface area contributed by atoms with Gasteiger partial charge in [-0.25, -0.2) is 0 Å². The molecule has 0 unspecified atom stereocenters. The van der Waals surface area contributed by atoms with Crippen molar-refractivity contribution >= 4 is 27.7 Å². The first-order valence-electron chi connectivity index (χ1n) is 8.51. The third kappa shape index (κ3) is 4.06. The Bertz CT molecular complexity index is 947. The molecule has 0 spiro atoms. The van der Waals surface area contributed by atoms with Gasteiger partial charge in [0.05, 0.1) is 12.2 Å². The lowest BCUT2D eigenvalue weighted by Gasteiger charge is -2.19. The van der Waals surface area contributed by atoms with Gasteiger partial charge < -0.3 is 18.6 Å². The average molecular weight is 449 g/mol. The third-order valence-corrected chi connectivity index (χ3v) is 5.49. The molecular formula is C19H17BrN2O4S. The number of halogens is 1. The summed E-state index contributed by atoms with van der Waals surface area (Å²) < 4.78 is 23.7. The normalized spacial score (nSPS) is 12.8. The van der Waals surface area contributed by atoms with E-state index in [0.717, 1.165) is 32.8 Å². The summed E-state index contributed by atoms with van der Waals surface area (Å²) in [5, 5.41) is 8.80. The van der Waals surface area contributed by atoms with Gasteiger partial charge in [0.2, 0.25) is 0 Å². The van der Waals surface area contributed by atoms with Crippen LogP contribution in [0, 0.1) is 0 Å². The van der Waals surface area contributed by atoms with Crippen molar-refractivity contribution in [3.8, 4) is 28.7 Å². The minimum absolute atomic E-state index is 0.447. The first kappa shape index (κ1) is 18.2. The van der Waals surface area contributed by atoms with E-state index in [0.29, 0.717) is 36.7 Å². The minimum Gasteiger partial charge on any atom is -0.493 e. The van der Waals surface area contributed by atoms with E-state index in [9.17, 15) is 0 Å². The zero-order valence-electron chi connectivity index (χ0n) is 14.6. The molecule has 1 aliphatic heterocycles. The molecule has 0 N–H and O–H groups in total. The number of benzene rings is 2. The standard InChI is InChI=1S/C19H17BrN2O4S/c1-2-23-15-6-4-3-5-13(15)18-21-22-19(26-18)27-11-12-9-16-17(10-14(12)20)25-8-7-24-16/h3-6,9-10H,2,7-8,11H2,1H3. The van der Waals surface area contributed by atoms with Crippen molar-refractivity contribution in [3.63, 3.8) is 0 Å². The number of fused-ring (bicyclic) bond motifs is 1. The van der Waals surface area contributed by atoms with Gasteiger partial charge in [-0.05, 0) is 36.8 Å². The predicted octanol–water partition coefficient (Wildman–Crippen LogP) is 4.96. The van der Waals surface area contributed by atoms with E-state index in [2.05, 4.69) is 26.1 Å². The second-order valence-electron chi connectivity index (χ2n) is 5.68. The van der Waals surface area contributed by atoms with Crippen LogP contribution in [0.1, 0.15) is 12.5 Å². The highest BCUT2D eigenvalue weighted by molar-refractivity contribution is 9.10. The van der Waals surface area contributed by atoms with E-state index < -0.39 is 0 Å². The monoisotopic (exact) mass is 448 g/mol. The molecule has 6 nitrogen and oxygen atoms in total. The Labute approximate surface area is 169 Å². The van der Waals surface area contributed by atoms with Crippen molar-refractivity contribution in [1.82, 2.24) is 10.2 Å². The van der Waals surface area contributed by atoms with Crippen LogP contribution < -0.4 is 14.2 Å². The Balaban J connectivity index is 1.49. The van der Waals surface area contributed by atoms with Crippen molar-refractivity contribution in [2.45, 2.75) is 17.9 Å². The zero-order chi connectivity index (χ0) is 18.6. The molecule has 0 saturated heterocycles. The molecule has 4 rings (SSSR count). The van der Waals surface area contributed by atoms with E-state index in [1.807, 2.05) is 43.3 Å². The summed E-state index contributed by atoms with van der Waals surface area (Å²) in [7, 11) is 0. The Kier molecular flexibility index (Phi) is 5.54. The number of thioether (sulfide) groups is 1. The van der Waals surface area contributed by atoms with Crippen LogP contribution in [0.25, 0.3) is 11.5 Å². The Hall–Kier alpha value is -2.19. The fourth-order valence-electron chi connectivity index (χ4n) is 2.66. The molecule has 0 fully saturated rings. The van der Waals surface area contributed by atoms with E-state index >= 15 is 0 Å². The molecule has 1 aliphatic rings. The topological polar surface area (TPSA) is 66.6 Å². The molecule has 3 aromatic rings. The number of nitrogens with zero attached hydrogens (tertiary/aromatic N) is 2. The van der Waals surface area contributed by atoms with Gasteiger partial charge in [-0.15, -0.1) is 10.2 Å². The molecule has 0 radical (unpaired) electrons. The van der Waals surface area contributed by atoms with Gasteiger partial charge in [0.1, 0.15) is 19.0 Å². The van der Waals surface area contributed by atoms with Crippen LogP contribution in [-0.4, -0.2) is 30.0 Å². The lowest BCUT2D eigenvalue weighted by atomic mass is 10.2. The summed E-state index contributed by atoms with van der Waals surface area (Å²) in [6.45, 7) is 3.65. The molecule has 140 valence electrons. The molecule has 0 amide bonds. The molecule has 1 aromatic heterocycles. The molecule has 27 heavy (non-hydrogen) atoms. The summed E-state index contributed by atoms with van der Waals surface area (Å²) in [5.74, 6) is 3.36. The van der Waals surface area contributed by atoms with Crippen LogP contribution in [0.3, 0.4) is 0 Å². The number of hydrogen-bond acceptors (Lipinski definition) is 7. The maximum absolute atomic E-state index is 5.82. The van der Waals surface area contributed by atoms with Crippen molar-refractivity contribution in [3.05, 3.63) is 46.4 Å². The van der Waals surface area contributed by atoms with Crippen LogP contribution in [-0.2, 0) is 5.75 Å². The quantitative estimate of drug-likeness (QED) is 0.493. The lowest BCUT2D eigenvalue weighted by molar-refractivity contribution is 0.171. The number of ether oxygens (including phenoxy) is 3. The summed E-state index contributed by atoms with van der Waals surface area (Å²) >= 11 is 5.05. The van der Waals surface area contributed by atoms with Crippen LogP contribution in [0.2, 0.25) is 0 Å². The molecule has 0 atom stereocenters. The summed E-state index contributed by atoms with van der Waals surface area (Å²) in [4.78, 5) is 0. The van der Waals surface area contributed by atoms with Gasteiger partial charge in [0.15, 0.2) is 11.5 Å². The van der Waals surface area contributed by atoms with Gasteiger partial charge in [-0.2, -0.15) is 0 Å². The van der Waals surface area contributed by atoms with E-state index in [1.165, 1.54) is 11.8 Å². The first-order valence-corrected chi connectivity index (χ1v) is 10.3. The first-order chi connectivity index (χ1) is 13.2. The van der Waals surface area contributed by atoms with Crippen LogP contribution in [0.4, 0.5) is 0 Å². The van der Waals surface area contributed by atoms with Crippen LogP contribution in [0.5, 0.6) is 17.2 Å². The molecule has 8 heteroatoms. The number of para-hydroxylation sites is 1. The Morgan fingerprint density at radius 1 is 1.11 bits per heavy atom. The predicted molar refractivity (Wildman–Crippen MR) is 106 cm³/mol. The fraction of sp³-hybridized carbons (Fsp3) is 0.263. The molecular weight excluding hydrogens is 432 g/mol. The zero-order valence-corrected chi connectivity index (χ0v) is 17.0. The third-order valence-electron chi connectivity index (χ3n) is 3.89. The Morgan fingerprint density at radius 2 is 1.89 bits per heavy atom. The van der Waals surface area contributed by atoms with Crippen molar-refractivity contribution in [1.29, 1.82) is 0 Å². The van der Waals surface area contributed by atoms with E-state index in [4.69, 9.17) is 18.6 Å². The van der Waals surface area contributed by atoms with Crippen molar-refractivity contribution in [2.24, 2.45) is 0 Å². The molecule has 2 aromatic carbocycles. The largest absolute Gasteiger partial charge is 0.493 e. The van der Waals surface area contributed by atoms with Gasteiger partial charge in [0, 0.05) is 10.2 Å². The maximum atomic E-state index is 5.82. The van der Waals surface area contributed by atoms with Crippen molar-refractivity contribution in [2.75, 3.05) is 19.8 Å². The van der Waals surface area contributed by atoms with E-state index in [1.54, 1.807) is 0 Å². The van der Waals surface area contributed by atoms with Crippen LogP contribution >= 0.6 is 27.7 Å². The minimum atomic E-state index is 0.447. The number of rotatable bonds is 6. The van der Waals surface area contributed by atoms with Crippen molar-refractivity contribution < 1.29 is 18.6 Å². The fourth-order valence-corrected chi connectivity index (χ4v) is 4.06. The smallest absolute Gasteiger partial charge is 0.277 e. The van der Waals surface area contributed by atoms with Gasteiger partial charge in [-0.1, -0.05) is 39.8 Å². The number of aromatic nitrogens is 2. The molecule has 0 aliphatic carbocycles. The summed E-state index contributed by atoms with van der Waals surface area (Å²) in [6.07, 6.45) is 0. The summed E-state index contributed by atoms with van der Waals surface area (Å²) in [5.41, 5.74) is 1.86. The Morgan fingerprint density at radius 3 is 2.70 bits per heavy atom. The number of hydrogen-bond donors (Lipinski definition) is 0. The van der Waals surface area contributed by atoms with Crippen LogP contribution in [0.15, 0.2) is 50.5 Å². The average Bonchev–Trinajstić information content (AvgIpc) is 3.16. The molecule has 0 saturated carbocycles. The highest BCUT2D eigenvalue weighted by Gasteiger charge is 2.17.